The van der Waals surface area contributed by atoms with E-state index in [0.717, 1.165) is 25.1 Å². The molecule has 0 radical (unpaired) electrons. The molecule has 3 heteroatoms. The van der Waals surface area contributed by atoms with E-state index in [9.17, 15) is 4.79 Å². The normalized spacial score (nSPS) is 39.1. The molecule has 16 heavy (non-hydrogen) atoms. The third-order valence-corrected chi connectivity index (χ3v) is 4.37. The maximum absolute atomic E-state index is 12.0. The largest absolute Gasteiger partial charge is 0.369 e. The predicted molar refractivity (Wildman–Crippen MR) is 58.9 cm³/mol. The second-order valence-electron chi connectivity index (χ2n) is 4.95. The number of fused-ring (bicyclic) bond motifs is 1. The molecule has 0 bridgehead atoms. The number of para-hydroxylation sites is 1. The number of ether oxygens (including phenoxy) is 1. The van der Waals surface area contributed by atoms with Gasteiger partial charge in [-0.2, -0.15) is 0 Å². The summed E-state index contributed by atoms with van der Waals surface area (Å²) in [7, 11) is 0. The molecule has 2 fully saturated rings. The van der Waals surface area contributed by atoms with Gasteiger partial charge in [0.1, 0.15) is 5.60 Å². The molecule has 0 aromatic heterocycles. The monoisotopic (exact) mass is 215 g/mol. The highest BCUT2D eigenvalue weighted by Crippen LogP contribution is 2.62. The first-order chi connectivity index (χ1) is 7.82. The summed E-state index contributed by atoms with van der Waals surface area (Å²) in [6.45, 7) is 0.794. The van der Waals surface area contributed by atoms with Crippen LogP contribution in [0, 0.1) is 11.8 Å². The van der Waals surface area contributed by atoms with Crippen LogP contribution in [0.4, 0.5) is 5.69 Å². The first kappa shape index (κ1) is 8.76. The van der Waals surface area contributed by atoms with E-state index >= 15 is 0 Å². The molecule has 3 atom stereocenters. The van der Waals surface area contributed by atoms with Crippen molar-refractivity contribution in [1.82, 2.24) is 0 Å². The SMILES string of the molecule is O=C1Nc2ccccc2[C@]23OCC[C@H]2C[C@H]13. The first-order valence-electron chi connectivity index (χ1n) is 5.87. The summed E-state index contributed by atoms with van der Waals surface area (Å²) >= 11 is 0. The van der Waals surface area contributed by atoms with Gasteiger partial charge in [-0.15, -0.1) is 0 Å². The fourth-order valence-electron chi connectivity index (χ4n) is 3.62. The Hall–Kier alpha value is -1.35. The van der Waals surface area contributed by atoms with Crippen LogP contribution in [0.1, 0.15) is 18.4 Å². The van der Waals surface area contributed by atoms with Gasteiger partial charge in [0.2, 0.25) is 5.91 Å². The number of nitrogens with one attached hydrogen (secondary N) is 1. The molecule has 2 aliphatic heterocycles. The Balaban J connectivity index is 1.95. The van der Waals surface area contributed by atoms with Gasteiger partial charge in [0.25, 0.3) is 0 Å². The van der Waals surface area contributed by atoms with E-state index in [1.54, 1.807) is 0 Å². The van der Waals surface area contributed by atoms with Crippen LogP contribution < -0.4 is 5.32 Å². The van der Waals surface area contributed by atoms with Crippen molar-refractivity contribution in [3.63, 3.8) is 0 Å². The molecule has 0 unspecified atom stereocenters. The highest BCUT2D eigenvalue weighted by Gasteiger charge is 2.65. The van der Waals surface area contributed by atoms with E-state index < -0.39 is 0 Å². The highest BCUT2D eigenvalue weighted by molar-refractivity contribution is 5.98. The number of hydrogen-bond donors (Lipinski definition) is 1. The lowest BCUT2D eigenvalue weighted by Gasteiger charge is -2.53. The quantitative estimate of drug-likeness (QED) is 0.717. The van der Waals surface area contributed by atoms with Crippen molar-refractivity contribution in [2.45, 2.75) is 18.4 Å². The molecule has 1 saturated heterocycles. The standard InChI is InChI=1S/C13H13NO2/c15-12-10-7-8-5-6-16-13(8,10)9-3-1-2-4-11(9)14-12/h1-4,8,10H,5-7H2,(H,14,15)/t8-,10+,13+/m0/s1. The summed E-state index contributed by atoms with van der Waals surface area (Å²) in [5, 5.41) is 2.98. The maximum atomic E-state index is 12.0. The third kappa shape index (κ3) is 0.789. The van der Waals surface area contributed by atoms with Crippen LogP contribution in [0.2, 0.25) is 0 Å². The van der Waals surface area contributed by atoms with Crippen molar-refractivity contribution in [3.05, 3.63) is 29.8 Å². The Morgan fingerprint density at radius 3 is 3.12 bits per heavy atom. The van der Waals surface area contributed by atoms with Gasteiger partial charge in [-0.05, 0) is 24.8 Å². The van der Waals surface area contributed by atoms with Gasteiger partial charge in [-0.1, -0.05) is 18.2 Å². The molecule has 1 aromatic carbocycles. The Bertz CT molecular complexity index is 485. The van der Waals surface area contributed by atoms with Crippen molar-refractivity contribution in [2.75, 3.05) is 11.9 Å². The van der Waals surface area contributed by atoms with Crippen LogP contribution in [0.25, 0.3) is 0 Å². The smallest absolute Gasteiger partial charge is 0.230 e. The number of amides is 1. The molecule has 2 heterocycles. The average molecular weight is 215 g/mol. The van der Waals surface area contributed by atoms with Gasteiger partial charge in [-0.25, -0.2) is 0 Å². The lowest BCUT2D eigenvalue weighted by atomic mass is 9.56. The maximum Gasteiger partial charge on any atom is 0.230 e. The number of anilines is 1. The van der Waals surface area contributed by atoms with Crippen molar-refractivity contribution in [1.29, 1.82) is 0 Å². The van der Waals surface area contributed by atoms with E-state index in [1.165, 1.54) is 5.56 Å². The van der Waals surface area contributed by atoms with Crippen molar-refractivity contribution in [2.24, 2.45) is 11.8 Å². The summed E-state index contributed by atoms with van der Waals surface area (Å²) < 4.78 is 5.98. The lowest BCUT2D eigenvalue weighted by molar-refractivity contribution is -0.165. The Morgan fingerprint density at radius 2 is 2.25 bits per heavy atom. The van der Waals surface area contributed by atoms with Gasteiger partial charge in [0, 0.05) is 17.9 Å². The summed E-state index contributed by atoms with van der Waals surface area (Å²) in [5.74, 6) is 0.719. The van der Waals surface area contributed by atoms with Gasteiger partial charge in [0.05, 0.1) is 5.92 Å². The summed E-state index contributed by atoms with van der Waals surface area (Å²) in [5.41, 5.74) is 1.85. The van der Waals surface area contributed by atoms with Gasteiger partial charge in [0.15, 0.2) is 0 Å². The Morgan fingerprint density at radius 1 is 1.38 bits per heavy atom. The summed E-state index contributed by atoms with van der Waals surface area (Å²) in [6.07, 6.45) is 2.08. The predicted octanol–water partition coefficient (Wildman–Crippen LogP) is 1.89. The van der Waals surface area contributed by atoms with E-state index in [1.807, 2.05) is 18.2 Å². The van der Waals surface area contributed by atoms with E-state index in [-0.39, 0.29) is 17.4 Å². The molecule has 1 saturated carbocycles. The summed E-state index contributed by atoms with van der Waals surface area (Å²) in [6, 6.07) is 8.05. The third-order valence-electron chi connectivity index (χ3n) is 4.37. The molecule has 82 valence electrons. The van der Waals surface area contributed by atoms with Crippen LogP contribution in [0.3, 0.4) is 0 Å². The zero-order valence-corrected chi connectivity index (χ0v) is 8.90. The van der Waals surface area contributed by atoms with E-state index in [2.05, 4.69) is 11.4 Å². The number of carbonyl (C=O) groups is 1. The molecule has 1 spiro atoms. The van der Waals surface area contributed by atoms with Crippen LogP contribution in [-0.4, -0.2) is 12.5 Å². The molecule has 1 amide bonds. The molecule has 3 aliphatic rings. The second-order valence-corrected chi connectivity index (χ2v) is 4.95. The highest BCUT2D eigenvalue weighted by atomic mass is 16.5. The molecule has 1 aliphatic carbocycles. The second kappa shape index (κ2) is 2.66. The topological polar surface area (TPSA) is 38.3 Å². The number of carbonyl (C=O) groups excluding carboxylic acids is 1. The zero-order valence-electron chi connectivity index (χ0n) is 8.90. The molecule has 1 N–H and O–H groups in total. The molecular formula is C13H13NO2. The number of rotatable bonds is 0. The van der Waals surface area contributed by atoms with Crippen LogP contribution in [0.15, 0.2) is 24.3 Å². The van der Waals surface area contributed by atoms with Gasteiger partial charge < -0.3 is 10.1 Å². The van der Waals surface area contributed by atoms with Crippen LogP contribution in [0.5, 0.6) is 0 Å². The Kier molecular flexibility index (Phi) is 1.46. The molecule has 4 rings (SSSR count). The number of benzene rings is 1. The van der Waals surface area contributed by atoms with Crippen molar-refractivity contribution in [3.8, 4) is 0 Å². The van der Waals surface area contributed by atoms with Gasteiger partial charge in [-0.3, -0.25) is 4.79 Å². The lowest BCUT2D eigenvalue weighted by Crippen LogP contribution is -2.58. The van der Waals surface area contributed by atoms with Gasteiger partial charge >= 0.3 is 0 Å². The molecule has 3 nitrogen and oxygen atoms in total. The Labute approximate surface area is 93.8 Å². The molecule has 1 aromatic rings. The fourth-order valence-corrected chi connectivity index (χ4v) is 3.62. The molecular weight excluding hydrogens is 202 g/mol. The fraction of sp³-hybridized carbons (Fsp3) is 0.462. The van der Waals surface area contributed by atoms with Crippen molar-refractivity contribution >= 4 is 11.6 Å². The van der Waals surface area contributed by atoms with Crippen molar-refractivity contribution < 1.29 is 9.53 Å². The van der Waals surface area contributed by atoms with E-state index in [0.29, 0.717) is 5.92 Å². The first-order valence-corrected chi connectivity index (χ1v) is 5.87. The zero-order chi connectivity index (χ0) is 10.8. The van der Waals surface area contributed by atoms with E-state index in [4.69, 9.17) is 4.74 Å². The minimum Gasteiger partial charge on any atom is -0.369 e. The van der Waals surface area contributed by atoms with Crippen LogP contribution >= 0.6 is 0 Å². The number of hydrogen-bond acceptors (Lipinski definition) is 2. The minimum atomic E-state index is -0.279. The average Bonchev–Trinajstić information content (AvgIpc) is 2.57. The summed E-state index contributed by atoms with van der Waals surface area (Å²) in [4.78, 5) is 12.0. The van der Waals surface area contributed by atoms with Crippen LogP contribution in [-0.2, 0) is 15.1 Å². The minimum absolute atomic E-state index is 0.0369.